The van der Waals surface area contributed by atoms with Crippen LogP contribution in [0.5, 0.6) is 0 Å². The minimum Gasteiger partial charge on any atom is -0.449 e. The lowest BCUT2D eigenvalue weighted by atomic mass is 9.80. The molecule has 1 amide bonds. The van der Waals surface area contributed by atoms with Crippen molar-refractivity contribution < 1.29 is 13.9 Å². The minimum absolute atomic E-state index is 0.286. The number of hydrogen-bond acceptors (Lipinski definition) is 2. The average molecular weight is 349 g/mol. The van der Waals surface area contributed by atoms with Gasteiger partial charge in [0.15, 0.2) is 0 Å². The molecule has 1 aliphatic heterocycles. The molecule has 0 bridgehead atoms. The van der Waals surface area contributed by atoms with Gasteiger partial charge in [-0.1, -0.05) is 13.8 Å². The number of rotatable bonds is 1. The Labute approximate surface area is 113 Å². The molecule has 0 aromatic heterocycles. The highest BCUT2D eigenvalue weighted by atomic mass is 127. The van der Waals surface area contributed by atoms with Gasteiger partial charge in [-0.15, -0.1) is 0 Å². The Morgan fingerprint density at radius 3 is 2.94 bits per heavy atom. The highest BCUT2D eigenvalue weighted by Gasteiger charge is 2.39. The van der Waals surface area contributed by atoms with Crippen molar-refractivity contribution in [3.8, 4) is 0 Å². The van der Waals surface area contributed by atoms with Gasteiger partial charge in [-0.3, -0.25) is 0 Å². The normalized spacial score (nSPS) is 22.8. The average Bonchev–Trinajstić information content (AvgIpc) is 2.26. The van der Waals surface area contributed by atoms with E-state index in [1.807, 2.05) is 13.8 Å². The van der Waals surface area contributed by atoms with E-state index in [4.69, 9.17) is 4.74 Å². The summed E-state index contributed by atoms with van der Waals surface area (Å²) in [6, 6.07) is 4.52. The summed E-state index contributed by atoms with van der Waals surface area (Å²) in [7, 11) is 0. The molecule has 0 unspecified atom stereocenters. The van der Waals surface area contributed by atoms with Crippen molar-refractivity contribution in [2.24, 2.45) is 5.41 Å². The van der Waals surface area contributed by atoms with Crippen LogP contribution in [0, 0.1) is 14.8 Å². The summed E-state index contributed by atoms with van der Waals surface area (Å²) in [4.78, 5) is 11.3. The van der Waals surface area contributed by atoms with Gasteiger partial charge >= 0.3 is 6.09 Å². The molecule has 92 valence electrons. The monoisotopic (exact) mass is 349 g/mol. The lowest BCUT2D eigenvalue weighted by molar-refractivity contribution is 0.0377. The van der Waals surface area contributed by atoms with Gasteiger partial charge in [-0.25, -0.2) is 9.18 Å². The molecule has 3 nitrogen and oxygen atoms in total. The third kappa shape index (κ3) is 2.53. The second-order valence-electron chi connectivity index (χ2n) is 4.81. The number of benzene rings is 1. The summed E-state index contributed by atoms with van der Waals surface area (Å²) >= 11 is 2.12. The fourth-order valence-corrected chi connectivity index (χ4v) is 2.44. The highest BCUT2D eigenvalue weighted by Crippen LogP contribution is 2.37. The molecule has 2 rings (SSSR count). The maximum Gasteiger partial charge on any atom is 0.407 e. The van der Waals surface area contributed by atoms with Crippen LogP contribution in [0.4, 0.5) is 9.18 Å². The Kier molecular flexibility index (Phi) is 3.29. The van der Waals surface area contributed by atoms with Gasteiger partial charge in [0.2, 0.25) is 0 Å². The fourth-order valence-electron chi connectivity index (χ4n) is 1.92. The Hall–Kier alpha value is -0.850. The van der Waals surface area contributed by atoms with Crippen LogP contribution in [-0.4, -0.2) is 12.7 Å². The van der Waals surface area contributed by atoms with Crippen LogP contribution in [0.15, 0.2) is 18.2 Å². The molecule has 1 aliphatic rings. The number of amides is 1. The van der Waals surface area contributed by atoms with Crippen LogP contribution < -0.4 is 5.32 Å². The Bertz CT molecular complexity index is 462. The second-order valence-corrected chi connectivity index (χ2v) is 6.05. The number of cyclic esters (lactones) is 1. The number of carbonyl (C=O) groups excluding carboxylic acids is 1. The molecular weight excluding hydrogens is 336 g/mol. The summed E-state index contributed by atoms with van der Waals surface area (Å²) in [5, 5.41) is 2.69. The van der Waals surface area contributed by atoms with E-state index in [1.165, 1.54) is 6.07 Å². The molecule has 1 aromatic carbocycles. The van der Waals surface area contributed by atoms with Crippen molar-refractivity contribution >= 4 is 28.7 Å². The molecule has 0 spiro atoms. The van der Waals surface area contributed by atoms with Crippen molar-refractivity contribution in [3.05, 3.63) is 33.1 Å². The molecule has 1 fully saturated rings. The van der Waals surface area contributed by atoms with Crippen molar-refractivity contribution in [1.29, 1.82) is 0 Å². The molecule has 0 saturated carbocycles. The van der Waals surface area contributed by atoms with E-state index in [9.17, 15) is 9.18 Å². The SMILES string of the molecule is CC1(C)COC(=O)N[C@H]1c1cc(I)ccc1F. The van der Waals surface area contributed by atoms with Gasteiger partial charge in [-0.05, 0) is 40.8 Å². The Morgan fingerprint density at radius 1 is 1.53 bits per heavy atom. The molecule has 1 atom stereocenters. The molecule has 1 aromatic rings. The van der Waals surface area contributed by atoms with Crippen LogP contribution in [0.2, 0.25) is 0 Å². The van der Waals surface area contributed by atoms with Gasteiger partial charge in [-0.2, -0.15) is 0 Å². The molecule has 5 heteroatoms. The lowest BCUT2D eigenvalue weighted by Crippen LogP contribution is -2.47. The lowest BCUT2D eigenvalue weighted by Gasteiger charge is -2.38. The van der Waals surface area contributed by atoms with Crippen LogP contribution >= 0.6 is 22.6 Å². The smallest absolute Gasteiger partial charge is 0.407 e. The first-order chi connectivity index (χ1) is 7.90. The summed E-state index contributed by atoms with van der Waals surface area (Å²) in [5.41, 5.74) is 0.178. The van der Waals surface area contributed by atoms with Crippen LogP contribution in [0.1, 0.15) is 25.5 Å². The number of alkyl carbamates (subject to hydrolysis) is 1. The Morgan fingerprint density at radius 2 is 2.24 bits per heavy atom. The van der Waals surface area contributed by atoms with Crippen molar-refractivity contribution in [2.45, 2.75) is 19.9 Å². The van der Waals surface area contributed by atoms with Gasteiger partial charge in [0.25, 0.3) is 0 Å². The van der Waals surface area contributed by atoms with E-state index in [2.05, 4.69) is 27.9 Å². The van der Waals surface area contributed by atoms with Gasteiger partial charge in [0.05, 0.1) is 6.04 Å². The molecule has 0 radical (unpaired) electrons. The van der Waals surface area contributed by atoms with E-state index in [-0.39, 0.29) is 23.9 Å². The minimum atomic E-state index is -0.493. The number of halogens is 2. The molecule has 17 heavy (non-hydrogen) atoms. The number of carbonyl (C=O) groups is 1. The molecular formula is C12H13FINO2. The Balaban J connectivity index is 2.42. The fraction of sp³-hybridized carbons (Fsp3) is 0.417. The van der Waals surface area contributed by atoms with Crippen LogP contribution in [-0.2, 0) is 4.74 Å². The highest BCUT2D eigenvalue weighted by molar-refractivity contribution is 14.1. The van der Waals surface area contributed by atoms with E-state index in [0.29, 0.717) is 5.56 Å². The number of ether oxygens (including phenoxy) is 1. The number of hydrogen-bond donors (Lipinski definition) is 1. The molecule has 1 heterocycles. The first kappa shape index (κ1) is 12.6. The zero-order valence-corrected chi connectivity index (χ0v) is 11.7. The maximum atomic E-state index is 13.8. The van der Waals surface area contributed by atoms with Crippen molar-refractivity contribution in [3.63, 3.8) is 0 Å². The van der Waals surface area contributed by atoms with Crippen molar-refractivity contribution in [2.75, 3.05) is 6.61 Å². The molecule has 1 N–H and O–H groups in total. The van der Waals surface area contributed by atoms with E-state index in [1.54, 1.807) is 12.1 Å². The van der Waals surface area contributed by atoms with Gasteiger partial charge in [0, 0.05) is 14.5 Å². The van der Waals surface area contributed by atoms with Crippen molar-refractivity contribution in [1.82, 2.24) is 5.32 Å². The summed E-state index contributed by atoms with van der Waals surface area (Å²) in [6.07, 6.45) is -0.493. The van der Waals surface area contributed by atoms with E-state index in [0.717, 1.165) is 3.57 Å². The van der Waals surface area contributed by atoms with E-state index < -0.39 is 6.09 Å². The molecule has 1 saturated heterocycles. The van der Waals surface area contributed by atoms with Crippen LogP contribution in [0.25, 0.3) is 0 Å². The summed E-state index contributed by atoms with van der Waals surface area (Å²) in [6.45, 7) is 4.17. The summed E-state index contributed by atoms with van der Waals surface area (Å²) in [5.74, 6) is -0.300. The first-order valence-corrected chi connectivity index (χ1v) is 6.36. The van der Waals surface area contributed by atoms with E-state index >= 15 is 0 Å². The topological polar surface area (TPSA) is 38.3 Å². The van der Waals surface area contributed by atoms with Gasteiger partial charge in [0.1, 0.15) is 12.4 Å². The summed E-state index contributed by atoms with van der Waals surface area (Å²) < 4.78 is 19.7. The third-order valence-electron chi connectivity index (χ3n) is 2.89. The van der Waals surface area contributed by atoms with Gasteiger partial charge < -0.3 is 10.1 Å². The third-order valence-corrected chi connectivity index (χ3v) is 3.56. The zero-order valence-electron chi connectivity index (χ0n) is 9.59. The zero-order chi connectivity index (χ0) is 12.6. The predicted octanol–water partition coefficient (Wildman–Crippen LogP) is 3.24. The predicted molar refractivity (Wildman–Crippen MR) is 70.1 cm³/mol. The quantitative estimate of drug-likeness (QED) is 0.791. The number of nitrogens with one attached hydrogen (secondary N) is 1. The second kappa shape index (κ2) is 4.44. The molecule has 0 aliphatic carbocycles. The largest absolute Gasteiger partial charge is 0.449 e. The maximum absolute atomic E-state index is 13.8. The van der Waals surface area contributed by atoms with Crippen LogP contribution in [0.3, 0.4) is 0 Å². The standard InChI is InChI=1S/C12H13FINO2/c1-12(2)6-17-11(16)15-10(12)8-5-7(14)3-4-9(8)13/h3-5,10H,6H2,1-2H3,(H,15,16)/t10-/m0/s1. The first-order valence-electron chi connectivity index (χ1n) is 5.28.